The first-order valence-corrected chi connectivity index (χ1v) is 9.04. The van der Waals surface area contributed by atoms with Crippen LogP contribution in [0, 0.1) is 0 Å². The van der Waals surface area contributed by atoms with Gasteiger partial charge in [0.25, 0.3) is 0 Å². The highest BCUT2D eigenvalue weighted by Crippen LogP contribution is 2.25. The Balaban J connectivity index is 1.91. The van der Waals surface area contributed by atoms with Gasteiger partial charge in [0.15, 0.2) is 0 Å². The first-order chi connectivity index (χ1) is 12.3. The van der Waals surface area contributed by atoms with Crippen LogP contribution in [0.2, 0.25) is 0 Å². The molecule has 0 aliphatic heterocycles. The van der Waals surface area contributed by atoms with Crippen LogP contribution in [0.3, 0.4) is 0 Å². The first-order valence-electron chi connectivity index (χ1n) is 9.04. The van der Waals surface area contributed by atoms with E-state index in [4.69, 9.17) is 14.1 Å². The summed E-state index contributed by atoms with van der Waals surface area (Å²) in [5.74, 6) is 1.68. The second kappa shape index (κ2) is 7.14. The monoisotopic (exact) mass is 333 g/mol. The average molecular weight is 333 g/mol. The van der Waals surface area contributed by atoms with Crippen molar-refractivity contribution in [3.63, 3.8) is 0 Å². The maximum atomic E-state index is 6.16. The summed E-state index contributed by atoms with van der Waals surface area (Å²) in [6, 6.07) is 18.6. The molecular formula is C22H23NO2. The smallest absolute Gasteiger partial charge is 0.137 e. The standard InChI is InChI=1S/C22H23NO2/c1-24-18-12-13-21-19(14-18)20(23-17-10-6-3-7-11-17)15-22(25-21)16-8-4-2-5-9-16/h2,4-5,8-9,12-15,17H,3,6-7,10-11H2,1H3. The third-order valence-corrected chi connectivity index (χ3v) is 4.91. The van der Waals surface area contributed by atoms with Crippen LogP contribution in [0.15, 0.2) is 64.0 Å². The van der Waals surface area contributed by atoms with Gasteiger partial charge in [-0.3, -0.25) is 4.99 Å². The normalized spacial score (nSPS) is 16.3. The van der Waals surface area contributed by atoms with Gasteiger partial charge in [0.05, 0.1) is 18.5 Å². The largest absolute Gasteiger partial charge is 0.497 e. The Morgan fingerprint density at radius 3 is 2.52 bits per heavy atom. The van der Waals surface area contributed by atoms with E-state index in [1.54, 1.807) is 7.11 Å². The predicted molar refractivity (Wildman–Crippen MR) is 101 cm³/mol. The molecule has 0 unspecified atom stereocenters. The van der Waals surface area contributed by atoms with Gasteiger partial charge in [-0.05, 0) is 31.0 Å². The Morgan fingerprint density at radius 2 is 1.76 bits per heavy atom. The van der Waals surface area contributed by atoms with Gasteiger partial charge in [0.1, 0.15) is 17.1 Å². The van der Waals surface area contributed by atoms with E-state index in [-0.39, 0.29) is 0 Å². The number of benzene rings is 2. The zero-order valence-electron chi connectivity index (χ0n) is 14.6. The molecule has 0 spiro atoms. The summed E-state index contributed by atoms with van der Waals surface area (Å²) in [7, 11) is 1.69. The van der Waals surface area contributed by atoms with Gasteiger partial charge in [0, 0.05) is 17.0 Å². The second-order valence-corrected chi connectivity index (χ2v) is 6.64. The summed E-state index contributed by atoms with van der Waals surface area (Å²) in [6.45, 7) is 0. The van der Waals surface area contributed by atoms with E-state index < -0.39 is 0 Å². The van der Waals surface area contributed by atoms with Crippen LogP contribution < -0.4 is 10.1 Å². The van der Waals surface area contributed by atoms with Crippen molar-refractivity contribution in [3.05, 3.63) is 60.0 Å². The highest BCUT2D eigenvalue weighted by Gasteiger charge is 2.13. The van der Waals surface area contributed by atoms with Crippen molar-refractivity contribution < 1.29 is 9.15 Å². The zero-order chi connectivity index (χ0) is 17.1. The van der Waals surface area contributed by atoms with Crippen molar-refractivity contribution in [1.82, 2.24) is 0 Å². The van der Waals surface area contributed by atoms with Crippen molar-refractivity contribution in [1.29, 1.82) is 0 Å². The summed E-state index contributed by atoms with van der Waals surface area (Å²) in [4.78, 5) is 5.09. The summed E-state index contributed by atoms with van der Waals surface area (Å²) in [5.41, 5.74) is 1.91. The fraction of sp³-hybridized carbons (Fsp3) is 0.318. The lowest BCUT2D eigenvalue weighted by atomic mass is 9.96. The molecule has 0 bridgehead atoms. The minimum Gasteiger partial charge on any atom is -0.497 e. The minimum atomic E-state index is 0.411. The van der Waals surface area contributed by atoms with E-state index in [9.17, 15) is 0 Å². The molecule has 0 radical (unpaired) electrons. The lowest BCUT2D eigenvalue weighted by Gasteiger charge is -2.17. The van der Waals surface area contributed by atoms with Crippen molar-refractivity contribution in [2.45, 2.75) is 38.1 Å². The Labute approximate surface area is 148 Å². The number of ether oxygens (including phenoxy) is 1. The van der Waals surface area contributed by atoms with Crippen LogP contribution in [-0.4, -0.2) is 13.2 Å². The molecule has 1 fully saturated rings. The lowest BCUT2D eigenvalue weighted by Crippen LogP contribution is -2.15. The molecule has 2 aromatic carbocycles. The van der Waals surface area contributed by atoms with E-state index in [1.807, 2.05) is 36.4 Å². The average Bonchev–Trinajstić information content (AvgIpc) is 2.69. The summed E-state index contributed by atoms with van der Waals surface area (Å²) < 4.78 is 11.6. The van der Waals surface area contributed by atoms with Crippen LogP contribution in [0.5, 0.6) is 5.75 Å². The van der Waals surface area contributed by atoms with Crippen LogP contribution in [0.4, 0.5) is 0 Å². The van der Waals surface area contributed by atoms with E-state index in [2.05, 4.69) is 18.2 Å². The maximum absolute atomic E-state index is 6.16. The minimum absolute atomic E-state index is 0.411. The first kappa shape index (κ1) is 15.9. The fourth-order valence-electron chi connectivity index (χ4n) is 3.53. The molecule has 1 saturated carbocycles. The molecule has 0 saturated heterocycles. The molecule has 0 N–H and O–H groups in total. The van der Waals surface area contributed by atoms with Gasteiger partial charge in [-0.2, -0.15) is 0 Å². The van der Waals surface area contributed by atoms with E-state index in [0.29, 0.717) is 6.04 Å². The third-order valence-electron chi connectivity index (χ3n) is 4.91. The highest BCUT2D eigenvalue weighted by molar-refractivity contribution is 5.80. The fourth-order valence-corrected chi connectivity index (χ4v) is 3.53. The molecule has 1 aliphatic carbocycles. The summed E-state index contributed by atoms with van der Waals surface area (Å²) in [5, 5.41) is 2.02. The Kier molecular flexibility index (Phi) is 4.55. The quantitative estimate of drug-likeness (QED) is 0.648. The third kappa shape index (κ3) is 3.46. The molecule has 25 heavy (non-hydrogen) atoms. The van der Waals surface area contributed by atoms with Gasteiger partial charge in [-0.1, -0.05) is 49.6 Å². The predicted octanol–water partition coefficient (Wildman–Crippen LogP) is 5.34. The lowest BCUT2D eigenvalue weighted by molar-refractivity contribution is 0.415. The molecule has 1 aliphatic rings. The molecule has 0 atom stereocenters. The van der Waals surface area contributed by atoms with E-state index in [0.717, 1.165) is 33.4 Å². The highest BCUT2D eigenvalue weighted by atomic mass is 16.5. The molecule has 3 aromatic rings. The van der Waals surface area contributed by atoms with Gasteiger partial charge in [0.2, 0.25) is 0 Å². The Morgan fingerprint density at radius 1 is 0.960 bits per heavy atom. The topological polar surface area (TPSA) is 34.7 Å². The zero-order valence-corrected chi connectivity index (χ0v) is 14.6. The summed E-state index contributed by atoms with van der Waals surface area (Å²) >= 11 is 0. The molecule has 0 amide bonds. The molecular weight excluding hydrogens is 310 g/mol. The van der Waals surface area contributed by atoms with Crippen LogP contribution in [0.25, 0.3) is 22.3 Å². The number of methoxy groups -OCH3 is 1. The number of hydrogen-bond donors (Lipinski definition) is 0. The Hall–Kier alpha value is -2.55. The number of nitrogens with zero attached hydrogens (tertiary/aromatic N) is 1. The molecule has 1 heterocycles. The van der Waals surface area contributed by atoms with Crippen molar-refractivity contribution in [2.24, 2.45) is 4.99 Å². The summed E-state index contributed by atoms with van der Waals surface area (Å²) in [6.07, 6.45) is 6.24. The SMILES string of the molecule is COc1ccc2oc(-c3ccccc3)cc(=NC3CCCCC3)c2c1. The molecule has 3 nitrogen and oxygen atoms in total. The molecule has 4 rings (SSSR count). The van der Waals surface area contributed by atoms with Gasteiger partial charge < -0.3 is 9.15 Å². The molecule has 1 aromatic heterocycles. The van der Waals surface area contributed by atoms with Gasteiger partial charge in [-0.15, -0.1) is 0 Å². The number of rotatable bonds is 3. The van der Waals surface area contributed by atoms with E-state index in [1.165, 1.54) is 32.1 Å². The second-order valence-electron chi connectivity index (χ2n) is 6.64. The van der Waals surface area contributed by atoms with Crippen LogP contribution >= 0.6 is 0 Å². The van der Waals surface area contributed by atoms with Crippen LogP contribution in [0.1, 0.15) is 32.1 Å². The number of fused-ring (bicyclic) bond motifs is 1. The van der Waals surface area contributed by atoms with Gasteiger partial charge in [-0.25, -0.2) is 0 Å². The number of hydrogen-bond acceptors (Lipinski definition) is 3. The van der Waals surface area contributed by atoms with E-state index >= 15 is 0 Å². The molecule has 3 heteroatoms. The maximum Gasteiger partial charge on any atom is 0.137 e. The van der Waals surface area contributed by atoms with Crippen molar-refractivity contribution in [2.75, 3.05) is 7.11 Å². The van der Waals surface area contributed by atoms with Crippen LogP contribution in [-0.2, 0) is 0 Å². The van der Waals surface area contributed by atoms with Gasteiger partial charge >= 0.3 is 0 Å². The van der Waals surface area contributed by atoms with Crippen molar-refractivity contribution in [3.8, 4) is 17.1 Å². The molecule has 128 valence electrons. The van der Waals surface area contributed by atoms with Crippen molar-refractivity contribution >= 4 is 11.0 Å². The Bertz CT molecular complexity index is 922.